The van der Waals surface area contributed by atoms with Crippen molar-refractivity contribution in [2.75, 3.05) is 13.1 Å². The molecule has 1 aliphatic heterocycles. The zero-order valence-electron chi connectivity index (χ0n) is 13.5. The van der Waals surface area contributed by atoms with Gasteiger partial charge >= 0.3 is 0 Å². The van der Waals surface area contributed by atoms with Crippen LogP contribution in [-0.4, -0.2) is 30.0 Å². The second-order valence-electron chi connectivity index (χ2n) is 5.86. The van der Waals surface area contributed by atoms with Crippen molar-refractivity contribution in [2.45, 2.75) is 18.9 Å². The number of likely N-dealkylation sites (tertiary alicyclic amines) is 1. The van der Waals surface area contributed by atoms with Gasteiger partial charge in [0.15, 0.2) is 0 Å². The monoisotopic (exact) mass is 341 g/mol. The fourth-order valence-electron chi connectivity index (χ4n) is 2.91. The van der Waals surface area contributed by atoms with Crippen molar-refractivity contribution in [1.82, 2.24) is 4.90 Å². The van der Waals surface area contributed by atoms with Crippen LogP contribution in [0.15, 0.2) is 61.2 Å². The molecule has 4 heteroatoms. The topological polar surface area (TPSA) is 29.5 Å². The number of hydrogen-bond acceptors (Lipinski definition) is 2. The Labute approximate surface area is 147 Å². The van der Waals surface area contributed by atoms with Crippen molar-refractivity contribution in [1.29, 1.82) is 0 Å². The lowest BCUT2D eigenvalue weighted by Gasteiger charge is -2.31. The van der Waals surface area contributed by atoms with Gasteiger partial charge in [-0.15, -0.1) is 0 Å². The van der Waals surface area contributed by atoms with Crippen molar-refractivity contribution < 1.29 is 9.53 Å². The molecule has 3 nitrogen and oxygen atoms in total. The Morgan fingerprint density at radius 2 is 1.83 bits per heavy atom. The van der Waals surface area contributed by atoms with Crippen LogP contribution in [0.5, 0.6) is 5.75 Å². The number of ether oxygens (including phenoxy) is 1. The van der Waals surface area contributed by atoms with Gasteiger partial charge in [0.25, 0.3) is 0 Å². The van der Waals surface area contributed by atoms with E-state index in [1.807, 2.05) is 36.4 Å². The van der Waals surface area contributed by atoms with Crippen molar-refractivity contribution in [2.24, 2.45) is 0 Å². The van der Waals surface area contributed by atoms with Gasteiger partial charge < -0.3 is 9.64 Å². The Hall–Kier alpha value is -2.26. The quantitative estimate of drug-likeness (QED) is 0.763. The number of hydrogen-bond donors (Lipinski definition) is 0. The highest BCUT2D eigenvalue weighted by molar-refractivity contribution is 6.32. The summed E-state index contributed by atoms with van der Waals surface area (Å²) >= 11 is 6.40. The van der Waals surface area contributed by atoms with Gasteiger partial charge in [0.1, 0.15) is 11.9 Å². The summed E-state index contributed by atoms with van der Waals surface area (Å²) in [5, 5.41) is 0.612. The van der Waals surface area contributed by atoms with Gasteiger partial charge in [0.05, 0.1) is 5.02 Å². The van der Waals surface area contributed by atoms with Gasteiger partial charge in [-0.3, -0.25) is 4.79 Å². The summed E-state index contributed by atoms with van der Waals surface area (Å²) in [6.45, 7) is 4.91. The first-order valence-corrected chi connectivity index (χ1v) is 8.48. The van der Waals surface area contributed by atoms with Crippen molar-refractivity contribution in [3.8, 4) is 16.9 Å². The first-order valence-electron chi connectivity index (χ1n) is 8.10. The summed E-state index contributed by atoms with van der Waals surface area (Å²) in [7, 11) is 0. The maximum absolute atomic E-state index is 11.6. The molecule has 3 rings (SSSR count). The van der Waals surface area contributed by atoms with E-state index < -0.39 is 0 Å². The summed E-state index contributed by atoms with van der Waals surface area (Å²) in [5.41, 5.74) is 2.20. The highest BCUT2D eigenvalue weighted by Crippen LogP contribution is 2.32. The summed E-state index contributed by atoms with van der Waals surface area (Å²) in [5.74, 6) is 0.684. The lowest BCUT2D eigenvalue weighted by atomic mass is 10.1. The Morgan fingerprint density at radius 3 is 2.46 bits per heavy atom. The highest BCUT2D eigenvalue weighted by atomic mass is 35.5. The summed E-state index contributed by atoms with van der Waals surface area (Å²) in [4.78, 5) is 13.4. The molecular formula is C20H20ClNO2. The second-order valence-corrected chi connectivity index (χ2v) is 6.27. The molecule has 2 aromatic rings. The van der Waals surface area contributed by atoms with Gasteiger partial charge in [-0.05, 0) is 29.3 Å². The summed E-state index contributed by atoms with van der Waals surface area (Å²) in [6, 6.07) is 16.0. The number of carbonyl (C=O) groups excluding carboxylic acids is 1. The molecule has 0 unspecified atom stereocenters. The summed E-state index contributed by atoms with van der Waals surface area (Å²) < 4.78 is 6.04. The number of piperidine rings is 1. The van der Waals surface area contributed by atoms with Crippen LogP contribution in [-0.2, 0) is 4.79 Å². The molecule has 0 saturated carbocycles. The Kier molecular flexibility index (Phi) is 5.21. The van der Waals surface area contributed by atoms with Gasteiger partial charge in [-0.1, -0.05) is 54.6 Å². The van der Waals surface area contributed by atoms with E-state index in [4.69, 9.17) is 16.3 Å². The number of nitrogens with zero attached hydrogens (tertiary/aromatic N) is 1. The molecule has 0 radical (unpaired) electrons. The molecule has 0 spiro atoms. The van der Waals surface area contributed by atoms with Crippen LogP contribution < -0.4 is 4.74 Å². The lowest BCUT2D eigenvalue weighted by Crippen LogP contribution is -2.41. The van der Waals surface area contributed by atoms with Crippen LogP contribution >= 0.6 is 11.6 Å². The normalized spacial score (nSPS) is 15.1. The Morgan fingerprint density at radius 1 is 1.12 bits per heavy atom. The Balaban J connectivity index is 1.64. The molecule has 1 heterocycles. The van der Waals surface area contributed by atoms with Crippen LogP contribution in [0.4, 0.5) is 0 Å². The van der Waals surface area contributed by atoms with Crippen molar-refractivity contribution in [3.05, 3.63) is 66.2 Å². The maximum Gasteiger partial charge on any atom is 0.245 e. The van der Waals surface area contributed by atoms with E-state index >= 15 is 0 Å². The molecule has 0 N–H and O–H groups in total. The van der Waals surface area contributed by atoms with Crippen molar-refractivity contribution in [3.63, 3.8) is 0 Å². The van der Waals surface area contributed by atoms with E-state index in [0.29, 0.717) is 23.9 Å². The maximum atomic E-state index is 11.6. The predicted molar refractivity (Wildman–Crippen MR) is 97.3 cm³/mol. The first-order chi connectivity index (χ1) is 11.7. The molecule has 1 fully saturated rings. The molecule has 2 aromatic carbocycles. The number of carbonyl (C=O) groups is 1. The zero-order chi connectivity index (χ0) is 16.9. The molecule has 24 heavy (non-hydrogen) atoms. The van der Waals surface area contributed by atoms with Crippen molar-refractivity contribution >= 4 is 17.5 Å². The highest BCUT2D eigenvalue weighted by Gasteiger charge is 2.23. The van der Waals surface area contributed by atoms with E-state index in [0.717, 1.165) is 24.0 Å². The minimum Gasteiger partial charge on any atom is -0.489 e. The van der Waals surface area contributed by atoms with Gasteiger partial charge in [0.2, 0.25) is 5.91 Å². The number of amides is 1. The molecule has 1 aliphatic rings. The number of rotatable bonds is 4. The fraction of sp³-hybridized carbons (Fsp3) is 0.250. The number of benzene rings is 2. The molecular weight excluding hydrogens is 322 g/mol. The lowest BCUT2D eigenvalue weighted by molar-refractivity contribution is -0.127. The second kappa shape index (κ2) is 7.54. The van der Waals surface area contributed by atoms with Gasteiger partial charge in [-0.25, -0.2) is 0 Å². The minimum atomic E-state index is -0.0151. The molecule has 0 atom stereocenters. The molecule has 0 aromatic heterocycles. The predicted octanol–water partition coefficient (Wildman–Crippen LogP) is 4.56. The average Bonchev–Trinajstić information content (AvgIpc) is 2.64. The van der Waals surface area contributed by atoms with E-state index in [1.54, 1.807) is 4.90 Å². The molecule has 0 bridgehead atoms. The standard InChI is InChI=1S/C20H20ClNO2/c1-2-20(23)22-12-10-17(11-13-22)24-19-9-8-16(14-18(19)21)15-6-4-3-5-7-15/h2-9,14,17H,1,10-13H2. The van der Waals surface area contributed by atoms with E-state index in [1.165, 1.54) is 6.08 Å². The van der Waals surface area contributed by atoms with E-state index in [9.17, 15) is 4.79 Å². The average molecular weight is 342 g/mol. The van der Waals surface area contributed by atoms with Gasteiger partial charge in [-0.2, -0.15) is 0 Å². The smallest absolute Gasteiger partial charge is 0.245 e. The fourth-order valence-corrected chi connectivity index (χ4v) is 3.13. The third-order valence-corrected chi connectivity index (χ3v) is 4.56. The Bertz CT molecular complexity index is 722. The molecule has 1 saturated heterocycles. The zero-order valence-corrected chi connectivity index (χ0v) is 14.2. The third-order valence-electron chi connectivity index (χ3n) is 4.26. The molecule has 0 aliphatic carbocycles. The largest absolute Gasteiger partial charge is 0.489 e. The SMILES string of the molecule is C=CC(=O)N1CCC(Oc2ccc(-c3ccccc3)cc2Cl)CC1. The van der Waals surface area contributed by atoms with Crippen LogP contribution in [0.2, 0.25) is 5.02 Å². The van der Waals surface area contributed by atoms with E-state index in [-0.39, 0.29) is 12.0 Å². The van der Waals surface area contributed by atoms with Gasteiger partial charge in [0, 0.05) is 25.9 Å². The third kappa shape index (κ3) is 3.80. The molecule has 1 amide bonds. The molecule has 124 valence electrons. The summed E-state index contributed by atoms with van der Waals surface area (Å²) in [6.07, 6.45) is 3.05. The first kappa shape index (κ1) is 16.6. The minimum absolute atomic E-state index is 0.0151. The van der Waals surface area contributed by atoms with E-state index in [2.05, 4.69) is 18.7 Å². The van der Waals surface area contributed by atoms with Crippen LogP contribution in [0.3, 0.4) is 0 Å². The van der Waals surface area contributed by atoms with Crippen LogP contribution in [0, 0.1) is 0 Å². The number of halogens is 1. The van der Waals surface area contributed by atoms with Crippen LogP contribution in [0.1, 0.15) is 12.8 Å². The van der Waals surface area contributed by atoms with Crippen LogP contribution in [0.25, 0.3) is 11.1 Å².